The van der Waals surface area contributed by atoms with E-state index in [1.807, 2.05) is 0 Å². The van der Waals surface area contributed by atoms with Crippen LogP contribution in [-0.4, -0.2) is 11.2 Å². The second-order valence-electron chi connectivity index (χ2n) is 2.96. The Balaban J connectivity index is 2.73. The molecule has 1 rings (SSSR count). The summed E-state index contributed by atoms with van der Waals surface area (Å²) in [5.74, 6) is 0. The van der Waals surface area contributed by atoms with Crippen LogP contribution in [0.5, 0.6) is 0 Å². The molecule has 0 bridgehead atoms. The molecule has 0 unspecified atom stereocenters. The molecule has 82 valence electrons. The molecule has 6 heteroatoms. The van der Waals surface area contributed by atoms with E-state index in [0.29, 0.717) is 10.0 Å². The predicted octanol–water partition coefficient (Wildman–Crippen LogP) is 2.83. The first kappa shape index (κ1) is 12.1. The number of carbonyl (C=O) groups is 1. The van der Waals surface area contributed by atoms with Crippen LogP contribution in [0.2, 0.25) is 10.0 Å². The van der Waals surface area contributed by atoms with Crippen LogP contribution < -0.4 is 10.9 Å². The lowest BCUT2D eigenvalue weighted by atomic mass is 10.1. The Morgan fingerprint density at radius 3 is 2.67 bits per heavy atom. The zero-order valence-corrected chi connectivity index (χ0v) is 9.43. The van der Waals surface area contributed by atoms with Gasteiger partial charge >= 0.3 is 6.09 Å². The van der Waals surface area contributed by atoms with E-state index in [0.717, 1.165) is 5.56 Å². The van der Waals surface area contributed by atoms with Gasteiger partial charge in [-0.25, -0.2) is 10.2 Å². The van der Waals surface area contributed by atoms with Crippen molar-refractivity contribution in [3.63, 3.8) is 0 Å². The van der Waals surface area contributed by atoms with Crippen molar-refractivity contribution in [3.8, 4) is 0 Å². The number of hydrogen-bond acceptors (Lipinski definition) is 2. The van der Waals surface area contributed by atoms with Crippen LogP contribution in [0, 0.1) is 0 Å². The molecule has 0 heterocycles. The maximum Gasteiger partial charge on any atom is 0.419 e. The topological polar surface area (TPSA) is 61.4 Å². The number of nitrogens with one attached hydrogen (secondary N) is 2. The average Bonchev–Trinajstić information content (AvgIpc) is 2.14. The lowest BCUT2D eigenvalue weighted by molar-refractivity contribution is 0.187. The molecule has 0 radical (unpaired) electrons. The third-order valence-electron chi connectivity index (χ3n) is 1.82. The molecule has 0 aliphatic carbocycles. The Morgan fingerprint density at radius 1 is 1.47 bits per heavy atom. The van der Waals surface area contributed by atoms with Crippen LogP contribution in [0.1, 0.15) is 18.5 Å². The Morgan fingerprint density at radius 2 is 2.13 bits per heavy atom. The van der Waals surface area contributed by atoms with Gasteiger partial charge in [0, 0.05) is 16.1 Å². The van der Waals surface area contributed by atoms with Gasteiger partial charge in [-0.1, -0.05) is 29.3 Å². The lowest BCUT2D eigenvalue weighted by Gasteiger charge is -2.15. The molecule has 1 atom stereocenters. The van der Waals surface area contributed by atoms with Gasteiger partial charge in [0.2, 0.25) is 0 Å². The highest BCUT2D eigenvalue weighted by molar-refractivity contribution is 6.35. The fraction of sp³-hybridized carbons (Fsp3) is 0.222. The van der Waals surface area contributed by atoms with Crippen molar-refractivity contribution in [2.75, 3.05) is 0 Å². The third kappa shape index (κ3) is 3.58. The summed E-state index contributed by atoms with van der Waals surface area (Å²) >= 11 is 11.7. The van der Waals surface area contributed by atoms with Crippen molar-refractivity contribution in [1.29, 1.82) is 0 Å². The standard InChI is InChI=1S/C9H10Cl2N2O2/c1-5(12-13-9(14)15)7-3-2-6(10)4-8(7)11/h2-5,12-13H,1H3,(H,14,15)/t5-/m1/s1. The third-order valence-corrected chi connectivity index (χ3v) is 2.39. The highest BCUT2D eigenvalue weighted by Crippen LogP contribution is 2.25. The minimum atomic E-state index is -1.15. The molecule has 0 fully saturated rings. The van der Waals surface area contributed by atoms with Crippen molar-refractivity contribution in [1.82, 2.24) is 10.9 Å². The number of rotatable bonds is 3. The van der Waals surface area contributed by atoms with E-state index in [4.69, 9.17) is 28.3 Å². The molecule has 4 nitrogen and oxygen atoms in total. The minimum absolute atomic E-state index is 0.231. The molecule has 1 amide bonds. The maximum atomic E-state index is 10.2. The predicted molar refractivity (Wildman–Crippen MR) is 59.2 cm³/mol. The van der Waals surface area contributed by atoms with Gasteiger partial charge in [-0.15, -0.1) is 0 Å². The van der Waals surface area contributed by atoms with Gasteiger partial charge in [-0.05, 0) is 24.6 Å². The number of benzene rings is 1. The molecule has 0 aromatic heterocycles. The van der Waals surface area contributed by atoms with Gasteiger partial charge in [0.15, 0.2) is 0 Å². The Hall–Kier alpha value is -0.970. The second-order valence-corrected chi connectivity index (χ2v) is 3.81. The summed E-state index contributed by atoms with van der Waals surface area (Å²) in [6.07, 6.45) is -1.15. The van der Waals surface area contributed by atoms with Crippen molar-refractivity contribution < 1.29 is 9.90 Å². The molecule has 0 aliphatic heterocycles. The van der Waals surface area contributed by atoms with Crippen LogP contribution >= 0.6 is 23.2 Å². The smallest absolute Gasteiger partial charge is 0.419 e. The van der Waals surface area contributed by atoms with Crippen molar-refractivity contribution in [2.45, 2.75) is 13.0 Å². The van der Waals surface area contributed by atoms with E-state index in [9.17, 15) is 4.79 Å². The molecule has 0 aliphatic rings. The van der Waals surface area contributed by atoms with Gasteiger partial charge in [-0.3, -0.25) is 5.43 Å². The van der Waals surface area contributed by atoms with E-state index >= 15 is 0 Å². The van der Waals surface area contributed by atoms with Crippen LogP contribution in [0.25, 0.3) is 0 Å². The molecule has 0 spiro atoms. The summed E-state index contributed by atoms with van der Waals surface area (Å²) in [6, 6.07) is 4.82. The molecular weight excluding hydrogens is 239 g/mol. The summed E-state index contributed by atoms with van der Waals surface area (Å²) in [6.45, 7) is 1.78. The van der Waals surface area contributed by atoms with Crippen LogP contribution in [0.15, 0.2) is 18.2 Å². The highest BCUT2D eigenvalue weighted by Gasteiger charge is 2.10. The quantitative estimate of drug-likeness (QED) is 0.722. The fourth-order valence-corrected chi connectivity index (χ4v) is 1.67. The van der Waals surface area contributed by atoms with E-state index < -0.39 is 6.09 Å². The van der Waals surface area contributed by atoms with Gasteiger partial charge in [-0.2, -0.15) is 0 Å². The van der Waals surface area contributed by atoms with Crippen molar-refractivity contribution in [2.24, 2.45) is 0 Å². The first-order valence-electron chi connectivity index (χ1n) is 4.20. The van der Waals surface area contributed by atoms with Gasteiger partial charge < -0.3 is 5.11 Å². The Labute approximate surface area is 97.2 Å². The highest BCUT2D eigenvalue weighted by atomic mass is 35.5. The summed E-state index contributed by atoms with van der Waals surface area (Å²) in [4.78, 5) is 10.2. The maximum absolute atomic E-state index is 10.2. The first-order chi connectivity index (χ1) is 7.00. The number of carboxylic acid groups (broad SMARTS) is 1. The molecular formula is C9H10Cl2N2O2. The first-order valence-corrected chi connectivity index (χ1v) is 4.95. The lowest BCUT2D eigenvalue weighted by Crippen LogP contribution is -2.38. The summed E-state index contributed by atoms with van der Waals surface area (Å²) in [5.41, 5.74) is 5.42. The minimum Gasteiger partial charge on any atom is -0.464 e. The average molecular weight is 249 g/mol. The summed E-state index contributed by atoms with van der Waals surface area (Å²) in [5, 5.41) is 9.43. The van der Waals surface area contributed by atoms with Crippen molar-refractivity contribution >= 4 is 29.3 Å². The van der Waals surface area contributed by atoms with Gasteiger partial charge in [0.25, 0.3) is 0 Å². The molecule has 1 aromatic carbocycles. The Bertz CT molecular complexity index is 371. The number of amides is 1. The molecule has 0 saturated carbocycles. The van der Waals surface area contributed by atoms with E-state index in [1.54, 1.807) is 25.1 Å². The number of hydrogen-bond donors (Lipinski definition) is 3. The van der Waals surface area contributed by atoms with Gasteiger partial charge in [0.1, 0.15) is 0 Å². The van der Waals surface area contributed by atoms with Crippen LogP contribution in [0.4, 0.5) is 4.79 Å². The molecule has 15 heavy (non-hydrogen) atoms. The van der Waals surface area contributed by atoms with E-state index in [2.05, 4.69) is 10.9 Å². The second kappa shape index (κ2) is 5.21. The monoisotopic (exact) mass is 248 g/mol. The molecule has 0 saturated heterocycles. The molecule has 1 aromatic rings. The van der Waals surface area contributed by atoms with Gasteiger partial charge in [0.05, 0.1) is 0 Å². The zero-order chi connectivity index (χ0) is 11.4. The van der Waals surface area contributed by atoms with E-state index in [-0.39, 0.29) is 6.04 Å². The normalized spacial score (nSPS) is 12.2. The summed E-state index contributed by atoms with van der Waals surface area (Å²) in [7, 11) is 0. The number of halogens is 2. The van der Waals surface area contributed by atoms with Crippen molar-refractivity contribution in [3.05, 3.63) is 33.8 Å². The zero-order valence-electron chi connectivity index (χ0n) is 7.92. The Kier molecular flexibility index (Phi) is 4.20. The largest absolute Gasteiger partial charge is 0.464 e. The number of hydrazine groups is 1. The van der Waals surface area contributed by atoms with Crippen LogP contribution in [-0.2, 0) is 0 Å². The fourth-order valence-electron chi connectivity index (χ4n) is 1.10. The summed E-state index contributed by atoms with van der Waals surface area (Å²) < 4.78 is 0. The molecule has 3 N–H and O–H groups in total. The SMILES string of the molecule is C[C@@H](NNC(=O)O)c1ccc(Cl)cc1Cl. The van der Waals surface area contributed by atoms with E-state index in [1.165, 1.54) is 0 Å². The van der Waals surface area contributed by atoms with Crippen LogP contribution in [0.3, 0.4) is 0 Å².